The second-order valence-electron chi connectivity index (χ2n) is 7.54. The lowest BCUT2D eigenvalue weighted by molar-refractivity contribution is -0.144. The molecule has 2 N–H and O–H groups in total. The van der Waals surface area contributed by atoms with Crippen LogP contribution in [0.4, 0.5) is 18.9 Å². The van der Waals surface area contributed by atoms with Gasteiger partial charge in [-0.25, -0.2) is 8.42 Å². The van der Waals surface area contributed by atoms with Gasteiger partial charge in [-0.3, -0.25) is 4.72 Å². The van der Waals surface area contributed by atoms with E-state index in [4.69, 9.17) is 11.6 Å². The summed E-state index contributed by atoms with van der Waals surface area (Å²) < 4.78 is 67.9. The Labute approximate surface area is 192 Å². The van der Waals surface area contributed by atoms with Crippen molar-refractivity contribution in [2.24, 2.45) is 0 Å². The van der Waals surface area contributed by atoms with Crippen LogP contribution in [-0.4, -0.2) is 34.4 Å². The van der Waals surface area contributed by atoms with E-state index >= 15 is 0 Å². The fourth-order valence-electron chi connectivity index (χ4n) is 4.02. The van der Waals surface area contributed by atoms with E-state index in [1.807, 2.05) is 6.92 Å². The molecule has 0 fully saturated rings. The largest absolute Gasteiger partial charge is 0.451 e. The van der Waals surface area contributed by atoms with E-state index in [1.54, 1.807) is 59.3 Å². The lowest BCUT2D eigenvalue weighted by atomic mass is 9.85. The second-order valence-corrected chi connectivity index (χ2v) is 9.72. The van der Waals surface area contributed by atoms with E-state index in [-0.39, 0.29) is 5.82 Å². The molecule has 2 aromatic heterocycles. The number of fused-ring (bicyclic) bond motifs is 1. The maximum Gasteiger partial charge on any atom is 0.451 e. The topological polar surface area (TPSA) is 92.7 Å². The number of benzene rings is 2. The molecular weight excluding hydrogens is 479 g/mol. The highest BCUT2D eigenvalue weighted by Gasteiger charge is 2.42. The van der Waals surface area contributed by atoms with Crippen LogP contribution >= 0.6 is 11.6 Å². The maximum atomic E-state index is 13.3. The molecule has 2 heterocycles. The second kappa shape index (κ2) is 8.07. The third kappa shape index (κ3) is 4.18. The van der Waals surface area contributed by atoms with Gasteiger partial charge in [-0.15, -0.1) is 10.2 Å². The normalized spacial score (nSPS) is 14.4. The number of halogens is 4. The van der Waals surface area contributed by atoms with E-state index in [1.165, 1.54) is 0 Å². The number of hydrogen-bond donors (Lipinski definition) is 2. The molecule has 0 aliphatic heterocycles. The van der Waals surface area contributed by atoms with Crippen LogP contribution in [0.5, 0.6) is 0 Å². The number of aromatic amines is 1. The van der Waals surface area contributed by atoms with Gasteiger partial charge in [-0.2, -0.15) is 13.2 Å². The highest BCUT2D eigenvalue weighted by Crippen LogP contribution is 2.41. The molecule has 0 unspecified atom stereocenters. The highest BCUT2D eigenvalue weighted by molar-refractivity contribution is 7.92. The molecule has 7 nitrogen and oxygen atoms in total. The standard InChI is InChI=1S/C21H19ClF3N5O2S/c1-3-20(13-7-9-14(22)10-8-13,18-26-19(28-27-18)21(23,24)25)30-12-11-15-16(29-33(2,31)32)5-4-6-17(15)30/h4-12,29H,3H2,1-2H3,(H,26,27,28)/t20-/m1/s1. The van der Waals surface area contributed by atoms with Gasteiger partial charge in [0.15, 0.2) is 5.82 Å². The summed E-state index contributed by atoms with van der Waals surface area (Å²) in [7, 11) is -3.55. The fraction of sp³-hybridized carbons (Fsp3) is 0.238. The minimum Gasteiger partial charge on any atom is -0.330 e. The first-order valence-corrected chi connectivity index (χ1v) is 12.1. The molecule has 33 heavy (non-hydrogen) atoms. The van der Waals surface area contributed by atoms with E-state index in [0.717, 1.165) is 6.26 Å². The average molecular weight is 498 g/mol. The van der Waals surface area contributed by atoms with E-state index in [9.17, 15) is 21.6 Å². The number of hydrogen-bond acceptors (Lipinski definition) is 4. The summed E-state index contributed by atoms with van der Waals surface area (Å²) in [5.74, 6) is -1.22. The van der Waals surface area contributed by atoms with Crippen molar-refractivity contribution in [1.82, 2.24) is 19.7 Å². The molecule has 0 aliphatic carbocycles. The predicted octanol–water partition coefficient (Wildman–Crippen LogP) is 5.01. The fourth-order valence-corrected chi connectivity index (χ4v) is 4.73. The molecule has 0 amide bonds. The van der Waals surface area contributed by atoms with Gasteiger partial charge in [-0.1, -0.05) is 36.7 Å². The van der Waals surface area contributed by atoms with Gasteiger partial charge in [0.25, 0.3) is 0 Å². The predicted molar refractivity (Wildman–Crippen MR) is 120 cm³/mol. The van der Waals surface area contributed by atoms with Crippen molar-refractivity contribution in [3.8, 4) is 0 Å². The summed E-state index contributed by atoms with van der Waals surface area (Å²) >= 11 is 6.06. The number of nitrogens with one attached hydrogen (secondary N) is 2. The van der Waals surface area contributed by atoms with Crippen LogP contribution < -0.4 is 4.72 Å². The Morgan fingerprint density at radius 2 is 1.73 bits per heavy atom. The molecule has 0 aliphatic rings. The third-order valence-electron chi connectivity index (χ3n) is 5.42. The van der Waals surface area contributed by atoms with Crippen molar-refractivity contribution in [3.05, 3.63) is 77.0 Å². The Morgan fingerprint density at radius 3 is 2.30 bits per heavy atom. The number of anilines is 1. The van der Waals surface area contributed by atoms with Gasteiger partial charge < -0.3 is 9.55 Å². The molecule has 174 valence electrons. The van der Waals surface area contributed by atoms with Crippen molar-refractivity contribution in [2.75, 3.05) is 11.0 Å². The highest BCUT2D eigenvalue weighted by atomic mass is 35.5. The van der Waals surface area contributed by atoms with Gasteiger partial charge in [0.2, 0.25) is 15.8 Å². The number of alkyl halides is 3. The zero-order chi connectivity index (χ0) is 24.0. The van der Waals surface area contributed by atoms with Gasteiger partial charge in [-0.05, 0) is 42.3 Å². The lowest BCUT2D eigenvalue weighted by Gasteiger charge is -2.34. The third-order valence-corrected chi connectivity index (χ3v) is 6.26. The van der Waals surface area contributed by atoms with Crippen LogP contribution in [0, 0.1) is 0 Å². The van der Waals surface area contributed by atoms with Crippen molar-refractivity contribution in [2.45, 2.75) is 25.1 Å². The summed E-state index contributed by atoms with van der Waals surface area (Å²) in [5, 5.41) is 8.26. The maximum absolute atomic E-state index is 13.3. The average Bonchev–Trinajstić information content (AvgIpc) is 3.38. The number of nitrogens with zero attached hydrogens (tertiary/aromatic N) is 3. The number of H-pyrrole nitrogens is 1. The number of rotatable bonds is 6. The van der Waals surface area contributed by atoms with Gasteiger partial charge >= 0.3 is 6.18 Å². The monoisotopic (exact) mass is 497 g/mol. The zero-order valence-electron chi connectivity index (χ0n) is 17.5. The first-order valence-electron chi connectivity index (χ1n) is 9.80. The molecule has 12 heteroatoms. The van der Waals surface area contributed by atoms with Gasteiger partial charge in [0.1, 0.15) is 5.54 Å². The Hall–Kier alpha value is -3.05. The summed E-state index contributed by atoms with van der Waals surface area (Å²) in [4.78, 5) is 2.35. The number of aromatic nitrogens is 4. The SMILES string of the molecule is CC[C@@](c1ccc(Cl)cc1)(c1nnc(C(F)(F)F)[nH]1)n1ccc2c(NS(C)(=O)=O)cccc21. The Morgan fingerprint density at radius 1 is 1.06 bits per heavy atom. The smallest absolute Gasteiger partial charge is 0.330 e. The number of sulfonamides is 1. The van der Waals surface area contributed by atoms with Crippen molar-refractivity contribution >= 4 is 38.2 Å². The summed E-state index contributed by atoms with van der Waals surface area (Å²) in [6.45, 7) is 1.81. The van der Waals surface area contributed by atoms with E-state index in [2.05, 4.69) is 19.9 Å². The molecule has 4 rings (SSSR count). The molecule has 0 saturated carbocycles. The first-order chi connectivity index (χ1) is 15.5. The Balaban J connectivity index is 2.02. The first kappa shape index (κ1) is 23.1. The molecule has 4 aromatic rings. The van der Waals surface area contributed by atoms with Gasteiger partial charge in [0, 0.05) is 16.6 Å². The van der Waals surface area contributed by atoms with Crippen molar-refractivity contribution in [1.29, 1.82) is 0 Å². The van der Waals surface area contributed by atoms with Crippen LogP contribution in [0.25, 0.3) is 10.9 Å². The summed E-state index contributed by atoms with van der Waals surface area (Å²) in [5.41, 5.74) is 0.346. The molecular formula is C21H19ClF3N5O2S. The summed E-state index contributed by atoms with van der Waals surface area (Å²) in [6.07, 6.45) is -1.67. The molecule has 0 bridgehead atoms. The van der Waals surface area contributed by atoms with Crippen molar-refractivity contribution in [3.63, 3.8) is 0 Å². The van der Waals surface area contributed by atoms with Gasteiger partial charge in [0.05, 0.1) is 17.5 Å². The quantitative estimate of drug-likeness (QED) is 0.392. The van der Waals surface area contributed by atoms with E-state index in [0.29, 0.717) is 33.6 Å². The Bertz CT molecular complexity index is 1410. The molecule has 0 saturated heterocycles. The van der Waals surface area contributed by atoms with E-state index < -0.39 is 27.6 Å². The summed E-state index contributed by atoms with van der Waals surface area (Å²) in [6, 6.07) is 13.4. The molecule has 2 aromatic carbocycles. The molecule has 1 atom stereocenters. The van der Waals surface area contributed by atoms with Crippen LogP contribution in [-0.2, 0) is 21.7 Å². The van der Waals surface area contributed by atoms with Crippen LogP contribution in [0.1, 0.15) is 30.6 Å². The molecule has 0 spiro atoms. The van der Waals surface area contributed by atoms with Crippen LogP contribution in [0.3, 0.4) is 0 Å². The van der Waals surface area contributed by atoms with Crippen molar-refractivity contribution < 1.29 is 21.6 Å². The minimum atomic E-state index is -4.70. The molecule has 0 radical (unpaired) electrons. The minimum absolute atomic E-state index is 0.0152. The van der Waals surface area contributed by atoms with Crippen LogP contribution in [0.2, 0.25) is 5.02 Å². The van der Waals surface area contributed by atoms with Crippen LogP contribution in [0.15, 0.2) is 54.7 Å². The lowest BCUT2D eigenvalue weighted by Crippen LogP contribution is -2.36. The Kier molecular flexibility index (Phi) is 5.65. The zero-order valence-corrected chi connectivity index (χ0v) is 19.1.